The first-order chi connectivity index (χ1) is 7.24. The molecule has 0 aliphatic rings. The van der Waals surface area contributed by atoms with E-state index in [0.717, 1.165) is 6.29 Å². The Morgan fingerprint density at radius 1 is 1.47 bits per heavy atom. The first kappa shape index (κ1) is 11.0. The molecule has 0 radical (unpaired) electrons. The maximum atomic E-state index is 10.6. The Labute approximate surface area is 88.5 Å². The molecular weight excluding hydrogens is 190 g/mol. The number of hydrogen-bond donors (Lipinski definition) is 1. The molecule has 1 N–H and O–H groups in total. The van der Waals surface area contributed by atoms with Crippen LogP contribution in [0.5, 0.6) is 0 Å². The Morgan fingerprint density at radius 2 is 2.20 bits per heavy atom. The maximum Gasteiger partial charge on any atom is 0.217 e. The summed E-state index contributed by atoms with van der Waals surface area (Å²) in [6, 6.07) is 7.07. The van der Waals surface area contributed by atoms with Crippen molar-refractivity contribution in [3.8, 4) is 11.8 Å². The Balaban J connectivity index is 2.70. The fourth-order valence-electron chi connectivity index (χ4n) is 1.02. The van der Waals surface area contributed by atoms with Gasteiger partial charge in [0.15, 0.2) is 6.29 Å². The van der Waals surface area contributed by atoms with Crippen molar-refractivity contribution in [2.45, 2.75) is 6.92 Å². The molecule has 0 bridgehead atoms. The van der Waals surface area contributed by atoms with Gasteiger partial charge in [0.1, 0.15) is 0 Å². The highest BCUT2D eigenvalue weighted by atomic mass is 16.1. The van der Waals surface area contributed by atoms with Crippen LogP contribution in [0.15, 0.2) is 24.3 Å². The summed E-state index contributed by atoms with van der Waals surface area (Å²) in [5, 5.41) is 2.55. The minimum Gasteiger partial charge on any atom is -0.345 e. The van der Waals surface area contributed by atoms with E-state index in [4.69, 9.17) is 0 Å². The number of rotatable bonds is 2. The van der Waals surface area contributed by atoms with Crippen molar-refractivity contribution in [2.75, 3.05) is 6.54 Å². The highest BCUT2D eigenvalue weighted by molar-refractivity contribution is 5.79. The molecule has 1 rings (SSSR count). The van der Waals surface area contributed by atoms with Gasteiger partial charge in [0.05, 0.1) is 6.54 Å². The fraction of sp³-hybridized carbons (Fsp3) is 0.167. The highest BCUT2D eigenvalue weighted by Crippen LogP contribution is 2.03. The van der Waals surface area contributed by atoms with Crippen molar-refractivity contribution in [2.24, 2.45) is 0 Å². The van der Waals surface area contributed by atoms with Gasteiger partial charge in [0.25, 0.3) is 0 Å². The zero-order valence-corrected chi connectivity index (χ0v) is 8.41. The second-order valence-electron chi connectivity index (χ2n) is 2.92. The molecule has 0 fully saturated rings. The van der Waals surface area contributed by atoms with Gasteiger partial charge in [0.2, 0.25) is 5.91 Å². The van der Waals surface area contributed by atoms with Crippen LogP contribution in [0.1, 0.15) is 22.8 Å². The van der Waals surface area contributed by atoms with Crippen molar-refractivity contribution in [1.29, 1.82) is 0 Å². The number of carbonyl (C=O) groups excluding carboxylic acids is 2. The van der Waals surface area contributed by atoms with E-state index in [9.17, 15) is 9.59 Å². The molecule has 0 aliphatic carbocycles. The SMILES string of the molecule is CC(=O)NCC#Cc1ccccc1C=O. The molecule has 1 aromatic carbocycles. The van der Waals surface area contributed by atoms with Crippen LogP contribution >= 0.6 is 0 Å². The third-order valence-corrected chi connectivity index (χ3v) is 1.74. The normalized spacial score (nSPS) is 8.60. The van der Waals surface area contributed by atoms with E-state index in [2.05, 4.69) is 17.2 Å². The van der Waals surface area contributed by atoms with Crippen LogP contribution < -0.4 is 5.32 Å². The van der Waals surface area contributed by atoms with Gasteiger partial charge < -0.3 is 5.32 Å². The van der Waals surface area contributed by atoms with E-state index in [1.807, 2.05) is 6.07 Å². The molecular formula is C12H11NO2. The maximum absolute atomic E-state index is 10.6. The van der Waals surface area contributed by atoms with Gasteiger partial charge in [-0.15, -0.1) is 0 Å². The van der Waals surface area contributed by atoms with Crippen LogP contribution in [0.3, 0.4) is 0 Å². The molecule has 3 heteroatoms. The van der Waals surface area contributed by atoms with Crippen LogP contribution in [0.4, 0.5) is 0 Å². The lowest BCUT2D eigenvalue weighted by Gasteiger charge is -1.94. The minimum atomic E-state index is -0.118. The summed E-state index contributed by atoms with van der Waals surface area (Å²) in [5.41, 5.74) is 1.24. The zero-order valence-electron chi connectivity index (χ0n) is 8.41. The van der Waals surface area contributed by atoms with E-state index < -0.39 is 0 Å². The molecule has 0 saturated heterocycles. The lowest BCUT2D eigenvalue weighted by molar-refractivity contribution is -0.118. The summed E-state index contributed by atoms with van der Waals surface area (Å²) in [7, 11) is 0. The zero-order chi connectivity index (χ0) is 11.1. The van der Waals surface area contributed by atoms with Crippen molar-refractivity contribution in [3.05, 3.63) is 35.4 Å². The Kier molecular flexibility index (Phi) is 4.11. The molecule has 0 aliphatic heterocycles. The summed E-state index contributed by atoms with van der Waals surface area (Å²) < 4.78 is 0. The smallest absolute Gasteiger partial charge is 0.217 e. The van der Waals surface area contributed by atoms with Crippen LogP contribution in [0.25, 0.3) is 0 Å². The Hall–Kier alpha value is -2.08. The van der Waals surface area contributed by atoms with Crippen LogP contribution in [-0.4, -0.2) is 18.7 Å². The van der Waals surface area contributed by atoms with E-state index >= 15 is 0 Å². The third-order valence-electron chi connectivity index (χ3n) is 1.74. The average Bonchev–Trinajstić information content (AvgIpc) is 2.24. The van der Waals surface area contributed by atoms with Crippen LogP contribution in [-0.2, 0) is 4.79 Å². The standard InChI is InChI=1S/C12H11NO2/c1-10(15)13-8-4-7-11-5-2-3-6-12(11)9-14/h2-3,5-6,9H,8H2,1H3,(H,13,15). The minimum absolute atomic E-state index is 0.118. The van der Waals surface area contributed by atoms with Crippen molar-refractivity contribution in [1.82, 2.24) is 5.32 Å². The molecule has 3 nitrogen and oxygen atoms in total. The Morgan fingerprint density at radius 3 is 2.87 bits per heavy atom. The first-order valence-electron chi connectivity index (χ1n) is 4.51. The number of benzene rings is 1. The fourth-order valence-corrected chi connectivity index (χ4v) is 1.02. The summed E-state index contributed by atoms with van der Waals surface area (Å²) in [4.78, 5) is 21.2. The molecule has 0 aromatic heterocycles. The van der Waals surface area contributed by atoms with Gasteiger partial charge in [0, 0.05) is 18.1 Å². The molecule has 1 aromatic rings. The highest BCUT2D eigenvalue weighted by Gasteiger charge is 1.94. The summed E-state index contributed by atoms with van der Waals surface area (Å²) in [6.45, 7) is 1.73. The van der Waals surface area contributed by atoms with Crippen molar-refractivity contribution >= 4 is 12.2 Å². The van der Waals surface area contributed by atoms with E-state index in [0.29, 0.717) is 17.7 Å². The van der Waals surface area contributed by atoms with Gasteiger partial charge in [-0.05, 0) is 6.07 Å². The Bertz CT molecular complexity index is 427. The second-order valence-corrected chi connectivity index (χ2v) is 2.92. The second kappa shape index (κ2) is 5.61. The topological polar surface area (TPSA) is 46.2 Å². The number of amides is 1. The van der Waals surface area contributed by atoms with Gasteiger partial charge >= 0.3 is 0 Å². The van der Waals surface area contributed by atoms with Gasteiger partial charge in [-0.1, -0.05) is 30.0 Å². The quantitative estimate of drug-likeness (QED) is 0.573. The number of carbonyl (C=O) groups is 2. The predicted octanol–water partition coefficient (Wildman–Crippen LogP) is 0.987. The van der Waals surface area contributed by atoms with Gasteiger partial charge in [-0.3, -0.25) is 9.59 Å². The molecule has 0 heterocycles. The molecule has 76 valence electrons. The molecule has 15 heavy (non-hydrogen) atoms. The molecule has 0 saturated carbocycles. The van der Waals surface area contributed by atoms with E-state index in [1.54, 1.807) is 18.2 Å². The van der Waals surface area contributed by atoms with Crippen LogP contribution in [0.2, 0.25) is 0 Å². The predicted molar refractivity (Wildman–Crippen MR) is 57.4 cm³/mol. The van der Waals surface area contributed by atoms with Gasteiger partial charge in [-0.2, -0.15) is 0 Å². The monoisotopic (exact) mass is 201 g/mol. The summed E-state index contributed by atoms with van der Waals surface area (Å²) in [6.07, 6.45) is 0.766. The van der Waals surface area contributed by atoms with Gasteiger partial charge in [-0.25, -0.2) is 0 Å². The largest absolute Gasteiger partial charge is 0.345 e. The van der Waals surface area contributed by atoms with Crippen LogP contribution in [0, 0.1) is 11.8 Å². The first-order valence-corrected chi connectivity index (χ1v) is 4.51. The molecule has 1 amide bonds. The summed E-state index contributed by atoms with van der Waals surface area (Å²) in [5.74, 6) is 5.47. The lowest BCUT2D eigenvalue weighted by atomic mass is 10.1. The average molecular weight is 201 g/mol. The lowest BCUT2D eigenvalue weighted by Crippen LogP contribution is -2.19. The van der Waals surface area contributed by atoms with Crippen molar-refractivity contribution < 1.29 is 9.59 Å². The number of hydrogen-bond acceptors (Lipinski definition) is 2. The number of aldehydes is 1. The van der Waals surface area contributed by atoms with E-state index in [1.165, 1.54) is 6.92 Å². The van der Waals surface area contributed by atoms with Crippen molar-refractivity contribution in [3.63, 3.8) is 0 Å². The molecule has 0 atom stereocenters. The summed E-state index contributed by atoms with van der Waals surface area (Å²) >= 11 is 0. The molecule has 0 unspecified atom stereocenters. The van der Waals surface area contributed by atoms with E-state index in [-0.39, 0.29) is 5.91 Å². The third kappa shape index (κ3) is 3.65. The molecule has 0 spiro atoms. The number of nitrogens with one attached hydrogen (secondary N) is 1.